The van der Waals surface area contributed by atoms with Crippen molar-refractivity contribution >= 4 is 17.5 Å². The Morgan fingerprint density at radius 1 is 1.58 bits per heavy atom. The van der Waals surface area contributed by atoms with E-state index in [4.69, 9.17) is 4.74 Å². The molecule has 6 nitrogen and oxygen atoms in total. The Balaban J connectivity index is 2.12. The zero-order valence-electron chi connectivity index (χ0n) is 10.8. The molecule has 1 atom stereocenters. The van der Waals surface area contributed by atoms with E-state index in [9.17, 15) is 14.7 Å². The largest absolute Gasteiger partial charge is 0.482 e. The van der Waals surface area contributed by atoms with Gasteiger partial charge in [-0.3, -0.25) is 9.59 Å². The first-order chi connectivity index (χ1) is 8.97. The second-order valence-corrected chi connectivity index (χ2v) is 4.54. The summed E-state index contributed by atoms with van der Waals surface area (Å²) in [4.78, 5) is 24.2. The average Bonchev–Trinajstić information content (AvgIpc) is 2.37. The molecule has 2 rings (SSSR count). The van der Waals surface area contributed by atoms with Crippen LogP contribution in [0.3, 0.4) is 0 Å². The number of benzene rings is 1. The van der Waals surface area contributed by atoms with Crippen LogP contribution in [0.5, 0.6) is 5.75 Å². The molecule has 1 aliphatic heterocycles. The van der Waals surface area contributed by atoms with Crippen LogP contribution >= 0.6 is 0 Å². The van der Waals surface area contributed by atoms with Crippen molar-refractivity contribution in [1.29, 1.82) is 0 Å². The minimum atomic E-state index is -1.02. The molecule has 1 unspecified atom stereocenters. The Labute approximate surface area is 111 Å². The van der Waals surface area contributed by atoms with E-state index >= 15 is 0 Å². The van der Waals surface area contributed by atoms with Crippen LogP contribution in [0.1, 0.15) is 12.5 Å². The summed E-state index contributed by atoms with van der Waals surface area (Å²) in [6.07, 6.45) is -1.02. The van der Waals surface area contributed by atoms with Crippen molar-refractivity contribution in [3.8, 4) is 5.75 Å². The fourth-order valence-corrected chi connectivity index (χ4v) is 1.90. The highest BCUT2D eigenvalue weighted by Gasteiger charge is 2.18. The third kappa shape index (κ3) is 3.03. The van der Waals surface area contributed by atoms with Gasteiger partial charge in [0, 0.05) is 13.6 Å². The Kier molecular flexibility index (Phi) is 3.71. The van der Waals surface area contributed by atoms with Crippen LogP contribution in [0.25, 0.3) is 0 Å². The summed E-state index contributed by atoms with van der Waals surface area (Å²) in [6, 6.07) is 5.34. The highest BCUT2D eigenvalue weighted by atomic mass is 16.5. The molecule has 0 saturated heterocycles. The number of nitrogens with zero attached hydrogens (tertiary/aromatic N) is 1. The van der Waals surface area contributed by atoms with Crippen LogP contribution in [0.15, 0.2) is 18.2 Å². The number of hydrogen-bond acceptors (Lipinski definition) is 4. The van der Waals surface area contributed by atoms with E-state index in [1.807, 2.05) is 6.07 Å². The van der Waals surface area contributed by atoms with Gasteiger partial charge in [-0.05, 0) is 24.6 Å². The number of amides is 2. The van der Waals surface area contributed by atoms with E-state index in [1.165, 1.54) is 11.8 Å². The fraction of sp³-hybridized carbons (Fsp3) is 0.385. The van der Waals surface area contributed by atoms with Crippen molar-refractivity contribution in [2.24, 2.45) is 0 Å². The van der Waals surface area contributed by atoms with E-state index in [1.54, 1.807) is 19.2 Å². The first-order valence-corrected chi connectivity index (χ1v) is 5.96. The molecule has 0 aromatic heterocycles. The highest BCUT2D eigenvalue weighted by Crippen LogP contribution is 2.28. The fourth-order valence-electron chi connectivity index (χ4n) is 1.90. The molecule has 1 aromatic rings. The highest BCUT2D eigenvalue weighted by molar-refractivity contribution is 5.95. The third-order valence-electron chi connectivity index (χ3n) is 2.83. The summed E-state index contributed by atoms with van der Waals surface area (Å²) >= 11 is 0. The number of anilines is 1. The second-order valence-electron chi connectivity index (χ2n) is 4.54. The van der Waals surface area contributed by atoms with Crippen molar-refractivity contribution in [3.63, 3.8) is 0 Å². The lowest BCUT2D eigenvalue weighted by molar-refractivity contribution is -0.138. The van der Waals surface area contributed by atoms with Gasteiger partial charge < -0.3 is 20.1 Å². The molecule has 0 saturated carbocycles. The van der Waals surface area contributed by atoms with Gasteiger partial charge in [-0.25, -0.2) is 0 Å². The number of aliphatic hydroxyl groups excluding tert-OH is 1. The quantitative estimate of drug-likeness (QED) is 0.826. The predicted octanol–water partition coefficient (Wildman–Crippen LogP) is 0.357. The Morgan fingerprint density at radius 3 is 3.00 bits per heavy atom. The summed E-state index contributed by atoms with van der Waals surface area (Å²) in [5.74, 6) is 0.0731. The van der Waals surface area contributed by atoms with Crippen LogP contribution in [-0.4, -0.2) is 41.6 Å². The maximum atomic E-state index is 11.6. The zero-order valence-corrected chi connectivity index (χ0v) is 10.8. The van der Waals surface area contributed by atoms with E-state index in [-0.39, 0.29) is 18.4 Å². The van der Waals surface area contributed by atoms with Crippen LogP contribution in [0.2, 0.25) is 0 Å². The van der Waals surface area contributed by atoms with Gasteiger partial charge in [-0.15, -0.1) is 0 Å². The van der Waals surface area contributed by atoms with Gasteiger partial charge in [0.25, 0.3) is 11.8 Å². The summed E-state index contributed by atoms with van der Waals surface area (Å²) in [5, 5.41) is 11.9. The number of carbonyl (C=O) groups is 2. The number of ether oxygens (including phenoxy) is 1. The van der Waals surface area contributed by atoms with Crippen molar-refractivity contribution < 1.29 is 19.4 Å². The van der Waals surface area contributed by atoms with Gasteiger partial charge in [0.05, 0.1) is 5.69 Å². The number of hydrogen-bond donors (Lipinski definition) is 2. The summed E-state index contributed by atoms with van der Waals surface area (Å²) in [7, 11) is 1.61. The monoisotopic (exact) mass is 264 g/mol. The maximum absolute atomic E-state index is 11.6. The Hall–Kier alpha value is -2.08. The maximum Gasteiger partial charge on any atom is 0.262 e. The molecule has 19 heavy (non-hydrogen) atoms. The summed E-state index contributed by atoms with van der Waals surface area (Å²) in [6.45, 7) is 1.80. The van der Waals surface area contributed by atoms with Crippen LogP contribution in [-0.2, 0) is 16.1 Å². The molecule has 2 N–H and O–H groups in total. The van der Waals surface area contributed by atoms with E-state index < -0.39 is 6.10 Å². The minimum absolute atomic E-state index is 0.0206. The van der Waals surface area contributed by atoms with Gasteiger partial charge in [-0.1, -0.05) is 6.07 Å². The van der Waals surface area contributed by atoms with Gasteiger partial charge in [0.15, 0.2) is 6.61 Å². The van der Waals surface area contributed by atoms with E-state index in [0.717, 1.165) is 5.56 Å². The normalized spacial score (nSPS) is 15.0. The minimum Gasteiger partial charge on any atom is -0.482 e. The Morgan fingerprint density at radius 2 is 2.32 bits per heavy atom. The number of rotatable bonds is 3. The first kappa shape index (κ1) is 13.4. The molecule has 1 aromatic carbocycles. The van der Waals surface area contributed by atoms with Crippen molar-refractivity contribution in [2.75, 3.05) is 19.0 Å². The lowest BCUT2D eigenvalue weighted by atomic mass is 10.1. The standard InChI is InChI=1S/C13H16N2O4/c1-8(16)13(18)15(2)6-9-3-4-11-10(5-9)14-12(17)7-19-11/h3-5,8,16H,6-7H2,1-2H3,(H,14,17). The topological polar surface area (TPSA) is 78.9 Å². The number of fused-ring (bicyclic) bond motifs is 1. The first-order valence-electron chi connectivity index (χ1n) is 5.96. The van der Waals surface area contributed by atoms with Gasteiger partial charge in [0.2, 0.25) is 0 Å². The zero-order chi connectivity index (χ0) is 14.0. The molecule has 1 aliphatic rings. The summed E-state index contributed by atoms with van der Waals surface area (Å²) < 4.78 is 5.25. The molecule has 102 valence electrons. The molecule has 0 aliphatic carbocycles. The second kappa shape index (κ2) is 5.27. The smallest absolute Gasteiger partial charge is 0.262 e. The third-order valence-corrected chi connectivity index (χ3v) is 2.83. The van der Waals surface area contributed by atoms with Crippen LogP contribution < -0.4 is 10.1 Å². The lowest BCUT2D eigenvalue weighted by Crippen LogP contribution is -2.34. The number of likely N-dealkylation sites (N-methyl/N-ethyl adjacent to an activating group) is 1. The Bertz CT molecular complexity index is 513. The van der Waals surface area contributed by atoms with E-state index in [0.29, 0.717) is 18.0 Å². The molecule has 1 heterocycles. The molecule has 0 bridgehead atoms. The van der Waals surface area contributed by atoms with Gasteiger partial charge in [0.1, 0.15) is 11.9 Å². The molecular weight excluding hydrogens is 248 g/mol. The molecule has 0 radical (unpaired) electrons. The molecular formula is C13H16N2O4. The number of aliphatic hydroxyl groups is 1. The number of nitrogens with one attached hydrogen (secondary N) is 1. The molecule has 6 heteroatoms. The number of carbonyl (C=O) groups excluding carboxylic acids is 2. The summed E-state index contributed by atoms with van der Waals surface area (Å²) in [5.41, 5.74) is 1.45. The van der Waals surface area contributed by atoms with Gasteiger partial charge >= 0.3 is 0 Å². The van der Waals surface area contributed by atoms with Crippen LogP contribution in [0, 0.1) is 0 Å². The van der Waals surface area contributed by atoms with Crippen LogP contribution in [0.4, 0.5) is 5.69 Å². The molecule has 2 amide bonds. The molecule has 0 fully saturated rings. The predicted molar refractivity (Wildman–Crippen MR) is 68.7 cm³/mol. The van der Waals surface area contributed by atoms with E-state index in [2.05, 4.69) is 5.32 Å². The average molecular weight is 264 g/mol. The van der Waals surface area contributed by atoms with Crippen molar-refractivity contribution in [3.05, 3.63) is 23.8 Å². The SMILES string of the molecule is CC(O)C(=O)N(C)Cc1ccc2c(c1)NC(=O)CO2. The molecule has 0 spiro atoms. The van der Waals surface area contributed by atoms with Crippen molar-refractivity contribution in [1.82, 2.24) is 4.90 Å². The lowest BCUT2D eigenvalue weighted by Gasteiger charge is -2.21. The van der Waals surface area contributed by atoms with Crippen molar-refractivity contribution in [2.45, 2.75) is 19.6 Å². The van der Waals surface area contributed by atoms with Gasteiger partial charge in [-0.2, -0.15) is 0 Å².